The summed E-state index contributed by atoms with van der Waals surface area (Å²) in [5.41, 5.74) is 6.17. The number of methoxy groups -OCH3 is 1. The molecular formula is C21H27N5O3. The molecule has 1 aliphatic rings. The molecule has 0 radical (unpaired) electrons. The van der Waals surface area contributed by atoms with Gasteiger partial charge in [-0.2, -0.15) is 0 Å². The molecule has 0 saturated carbocycles. The lowest BCUT2D eigenvalue weighted by molar-refractivity contribution is -0.130. The van der Waals surface area contributed by atoms with E-state index in [-0.39, 0.29) is 24.8 Å². The molecule has 0 bridgehead atoms. The maximum Gasteiger partial charge on any atom is 0.242 e. The minimum absolute atomic E-state index is 0.0333. The number of carbonyl (C=O) groups is 2. The van der Waals surface area contributed by atoms with Gasteiger partial charge in [0.15, 0.2) is 0 Å². The first-order chi connectivity index (χ1) is 14.1. The van der Waals surface area contributed by atoms with Crippen LogP contribution in [0.25, 0.3) is 0 Å². The first-order valence-electron chi connectivity index (χ1n) is 9.68. The van der Waals surface area contributed by atoms with E-state index in [1.54, 1.807) is 13.3 Å². The molecule has 8 nitrogen and oxygen atoms in total. The third-order valence-corrected chi connectivity index (χ3v) is 5.00. The maximum absolute atomic E-state index is 12.9. The Morgan fingerprint density at radius 1 is 1.10 bits per heavy atom. The largest absolute Gasteiger partial charge is 0.497 e. The van der Waals surface area contributed by atoms with E-state index in [2.05, 4.69) is 9.88 Å². The molecular weight excluding hydrogens is 370 g/mol. The van der Waals surface area contributed by atoms with Crippen molar-refractivity contribution in [3.63, 3.8) is 0 Å². The summed E-state index contributed by atoms with van der Waals surface area (Å²) in [5.74, 6) is 1.31. The highest BCUT2D eigenvalue weighted by Crippen LogP contribution is 2.20. The van der Waals surface area contributed by atoms with Crippen molar-refractivity contribution in [2.45, 2.75) is 6.42 Å². The number of pyridine rings is 1. The van der Waals surface area contributed by atoms with Crippen LogP contribution in [-0.2, 0) is 9.59 Å². The van der Waals surface area contributed by atoms with Crippen LogP contribution >= 0.6 is 0 Å². The van der Waals surface area contributed by atoms with Gasteiger partial charge >= 0.3 is 0 Å². The van der Waals surface area contributed by atoms with Crippen LogP contribution in [0.1, 0.15) is 6.42 Å². The van der Waals surface area contributed by atoms with Crippen LogP contribution in [0.15, 0.2) is 48.7 Å². The van der Waals surface area contributed by atoms with Crippen LogP contribution in [0.5, 0.6) is 5.75 Å². The summed E-state index contributed by atoms with van der Waals surface area (Å²) in [6.07, 6.45) is 1.96. The number of primary amides is 1. The Balaban J connectivity index is 1.61. The average molecular weight is 397 g/mol. The van der Waals surface area contributed by atoms with Crippen molar-refractivity contribution in [2.24, 2.45) is 5.73 Å². The van der Waals surface area contributed by atoms with E-state index in [0.29, 0.717) is 19.6 Å². The number of nitrogens with two attached hydrogens (primary N) is 1. The van der Waals surface area contributed by atoms with E-state index in [9.17, 15) is 9.59 Å². The molecule has 2 heterocycles. The average Bonchev–Trinajstić information content (AvgIpc) is 2.77. The highest BCUT2D eigenvalue weighted by molar-refractivity contribution is 5.82. The summed E-state index contributed by atoms with van der Waals surface area (Å²) in [6, 6.07) is 13.3. The number of anilines is 2. The van der Waals surface area contributed by atoms with Crippen LogP contribution in [0.3, 0.4) is 0 Å². The zero-order chi connectivity index (χ0) is 20.6. The molecule has 0 aliphatic carbocycles. The summed E-state index contributed by atoms with van der Waals surface area (Å²) in [7, 11) is 1.61. The van der Waals surface area contributed by atoms with Gasteiger partial charge in [0.05, 0.1) is 13.7 Å². The molecule has 2 amide bonds. The van der Waals surface area contributed by atoms with Gasteiger partial charge in [-0.1, -0.05) is 6.07 Å². The summed E-state index contributed by atoms with van der Waals surface area (Å²) >= 11 is 0. The first-order valence-corrected chi connectivity index (χ1v) is 9.68. The Hall–Kier alpha value is -3.29. The summed E-state index contributed by atoms with van der Waals surface area (Å²) < 4.78 is 5.19. The molecule has 1 aliphatic heterocycles. The van der Waals surface area contributed by atoms with Gasteiger partial charge in [0.1, 0.15) is 11.6 Å². The number of rotatable bonds is 8. The van der Waals surface area contributed by atoms with Crippen LogP contribution in [-0.4, -0.2) is 68.1 Å². The van der Waals surface area contributed by atoms with E-state index < -0.39 is 0 Å². The van der Waals surface area contributed by atoms with E-state index in [1.807, 2.05) is 52.3 Å². The summed E-state index contributed by atoms with van der Waals surface area (Å²) in [5, 5.41) is 0. The van der Waals surface area contributed by atoms with E-state index in [0.717, 1.165) is 30.3 Å². The summed E-state index contributed by atoms with van der Waals surface area (Å²) in [6.45, 7) is 3.35. The van der Waals surface area contributed by atoms with Crippen molar-refractivity contribution in [3.8, 4) is 5.75 Å². The van der Waals surface area contributed by atoms with Crippen molar-refractivity contribution in [2.75, 3.05) is 56.2 Å². The molecule has 8 heteroatoms. The van der Waals surface area contributed by atoms with Gasteiger partial charge in [0.2, 0.25) is 11.8 Å². The lowest BCUT2D eigenvalue weighted by atomic mass is 10.2. The molecule has 1 aromatic heterocycles. The van der Waals surface area contributed by atoms with Crippen LogP contribution in [0.2, 0.25) is 0 Å². The fourth-order valence-corrected chi connectivity index (χ4v) is 3.33. The predicted molar refractivity (Wildman–Crippen MR) is 112 cm³/mol. The number of piperazine rings is 1. The topological polar surface area (TPSA) is 92.0 Å². The maximum atomic E-state index is 12.9. The smallest absolute Gasteiger partial charge is 0.242 e. The molecule has 0 spiro atoms. The number of hydrogen-bond donors (Lipinski definition) is 1. The number of hydrogen-bond acceptors (Lipinski definition) is 6. The fourth-order valence-electron chi connectivity index (χ4n) is 3.33. The Kier molecular flexibility index (Phi) is 6.89. The molecule has 2 N–H and O–H groups in total. The normalized spacial score (nSPS) is 13.8. The number of carbonyl (C=O) groups excluding carboxylic acids is 2. The second-order valence-electron chi connectivity index (χ2n) is 6.89. The van der Waals surface area contributed by atoms with Gasteiger partial charge in [-0.15, -0.1) is 0 Å². The second kappa shape index (κ2) is 9.77. The molecule has 0 atom stereocenters. The molecule has 1 saturated heterocycles. The third kappa shape index (κ3) is 5.60. The van der Waals surface area contributed by atoms with Gasteiger partial charge in [-0.25, -0.2) is 4.98 Å². The van der Waals surface area contributed by atoms with Crippen LogP contribution in [0.4, 0.5) is 11.5 Å². The Morgan fingerprint density at radius 2 is 1.83 bits per heavy atom. The van der Waals surface area contributed by atoms with Crippen LogP contribution < -0.4 is 20.3 Å². The van der Waals surface area contributed by atoms with E-state index in [4.69, 9.17) is 10.5 Å². The molecule has 3 rings (SSSR count). The Bertz CT molecular complexity index is 805. The van der Waals surface area contributed by atoms with Gasteiger partial charge in [-0.3, -0.25) is 9.59 Å². The quantitative estimate of drug-likeness (QED) is 0.718. The predicted octanol–water partition coefficient (Wildman–Crippen LogP) is 1.12. The SMILES string of the molecule is COc1ccc(N(CCC(N)=O)CC(=O)N2CCN(c3ccccn3)CC2)cc1. The van der Waals surface area contributed by atoms with E-state index >= 15 is 0 Å². The summed E-state index contributed by atoms with van der Waals surface area (Å²) in [4.78, 5) is 34.5. The fraction of sp³-hybridized carbons (Fsp3) is 0.381. The van der Waals surface area contributed by atoms with Crippen LogP contribution in [0, 0.1) is 0 Å². The minimum atomic E-state index is -0.389. The second-order valence-corrected chi connectivity index (χ2v) is 6.89. The molecule has 154 valence electrons. The molecule has 0 unspecified atom stereocenters. The highest BCUT2D eigenvalue weighted by atomic mass is 16.5. The number of nitrogens with zero attached hydrogens (tertiary/aromatic N) is 4. The standard InChI is InChI=1S/C21H27N5O3/c1-29-18-7-5-17(6-8-18)26(11-9-19(22)27)16-21(28)25-14-12-24(13-15-25)20-4-2-3-10-23-20/h2-8,10H,9,11-16H2,1H3,(H2,22,27). The molecule has 2 aromatic rings. The van der Waals surface area contributed by atoms with Crippen molar-refractivity contribution in [1.82, 2.24) is 9.88 Å². The zero-order valence-corrected chi connectivity index (χ0v) is 16.7. The van der Waals surface area contributed by atoms with Crippen molar-refractivity contribution < 1.29 is 14.3 Å². The van der Waals surface area contributed by atoms with Crippen molar-refractivity contribution in [1.29, 1.82) is 0 Å². The zero-order valence-electron chi connectivity index (χ0n) is 16.7. The Morgan fingerprint density at radius 3 is 2.41 bits per heavy atom. The number of amides is 2. The minimum Gasteiger partial charge on any atom is -0.497 e. The molecule has 29 heavy (non-hydrogen) atoms. The molecule has 1 fully saturated rings. The van der Waals surface area contributed by atoms with Gasteiger partial charge in [0, 0.05) is 51.0 Å². The number of ether oxygens (including phenoxy) is 1. The molecule has 1 aromatic carbocycles. The van der Waals surface area contributed by atoms with Crippen molar-refractivity contribution >= 4 is 23.3 Å². The Labute approximate surface area is 170 Å². The van der Waals surface area contributed by atoms with Gasteiger partial charge in [-0.05, 0) is 36.4 Å². The lowest BCUT2D eigenvalue weighted by Gasteiger charge is -2.36. The number of aromatic nitrogens is 1. The van der Waals surface area contributed by atoms with E-state index in [1.165, 1.54) is 0 Å². The first kappa shape index (κ1) is 20.4. The third-order valence-electron chi connectivity index (χ3n) is 5.00. The highest BCUT2D eigenvalue weighted by Gasteiger charge is 2.23. The van der Waals surface area contributed by atoms with Gasteiger partial charge < -0.3 is 25.2 Å². The van der Waals surface area contributed by atoms with Crippen molar-refractivity contribution in [3.05, 3.63) is 48.7 Å². The lowest BCUT2D eigenvalue weighted by Crippen LogP contribution is -2.51. The van der Waals surface area contributed by atoms with Gasteiger partial charge in [0.25, 0.3) is 0 Å². The monoisotopic (exact) mass is 397 g/mol. The number of benzene rings is 1.